The van der Waals surface area contributed by atoms with Crippen molar-refractivity contribution < 1.29 is 19.1 Å². The first kappa shape index (κ1) is 26.5. The van der Waals surface area contributed by atoms with E-state index in [1.165, 1.54) is 4.90 Å². The van der Waals surface area contributed by atoms with E-state index in [2.05, 4.69) is 10.6 Å². The number of hydrogen-bond acceptors (Lipinski definition) is 4. The average Bonchev–Trinajstić information content (AvgIpc) is 2.58. The molecule has 1 aromatic rings. The molecule has 31 heavy (non-hydrogen) atoms. The molecular weight excluding hydrogens is 394 g/mol. The second kappa shape index (κ2) is 10.2. The summed E-state index contributed by atoms with van der Waals surface area (Å²) in [7, 11) is 0. The standard InChI is InChI=1S/C24H39N3O4/c1-11-27(21(29)17(4)25-22(30)31-24(8,9)10)19(20(28)26-23(5,6)7)18-13-12-15(2)16(3)14-18/h12-14,17,19H,11H2,1-10H3,(H,25,30)(H,26,28). The van der Waals surface area contributed by atoms with E-state index in [0.29, 0.717) is 6.54 Å². The van der Waals surface area contributed by atoms with Crippen LogP contribution in [0, 0.1) is 13.8 Å². The van der Waals surface area contributed by atoms with Crippen molar-refractivity contribution in [2.24, 2.45) is 0 Å². The Labute approximate surface area is 186 Å². The Morgan fingerprint density at radius 2 is 1.61 bits per heavy atom. The third-order valence-corrected chi connectivity index (χ3v) is 4.63. The highest BCUT2D eigenvalue weighted by atomic mass is 16.6. The van der Waals surface area contributed by atoms with Crippen LogP contribution in [0.4, 0.5) is 4.79 Å². The van der Waals surface area contributed by atoms with Crippen LogP contribution in [0.3, 0.4) is 0 Å². The predicted molar refractivity (Wildman–Crippen MR) is 123 cm³/mol. The van der Waals surface area contributed by atoms with Gasteiger partial charge < -0.3 is 20.3 Å². The summed E-state index contributed by atoms with van der Waals surface area (Å²) in [6, 6.07) is 4.08. The summed E-state index contributed by atoms with van der Waals surface area (Å²) in [6.45, 7) is 18.6. The van der Waals surface area contributed by atoms with Crippen molar-refractivity contribution in [2.75, 3.05) is 6.54 Å². The molecule has 0 heterocycles. The third-order valence-electron chi connectivity index (χ3n) is 4.63. The second-order valence-electron chi connectivity index (χ2n) is 9.98. The SMILES string of the molecule is CCN(C(=O)C(C)NC(=O)OC(C)(C)C)C(C(=O)NC(C)(C)C)c1ccc(C)c(C)c1. The van der Waals surface area contributed by atoms with Gasteiger partial charge in [-0.25, -0.2) is 4.79 Å². The molecule has 1 aromatic carbocycles. The van der Waals surface area contributed by atoms with Crippen molar-refractivity contribution >= 4 is 17.9 Å². The van der Waals surface area contributed by atoms with Crippen LogP contribution >= 0.6 is 0 Å². The van der Waals surface area contributed by atoms with Gasteiger partial charge in [-0.1, -0.05) is 18.2 Å². The molecular formula is C24H39N3O4. The Morgan fingerprint density at radius 3 is 2.06 bits per heavy atom. The quantitative estimate of drug-likeness (QED) is 0.709. The maximum absolute atomic E-state index is 13.3. The van der Waals surface area contributed by atoms with Gasteiger partial charge in [0.2, 0.25) is 11.8 Å². The Hall–Kier alpha value is -2.57. The number of nitrogens with zero attached hydrogens (tertiary/aromatic N) is 1. The van der Waals surface area contributed by atoms with E-state index < -0.39 is 29.3 Å². The van der Waals surface area contributed by atoms with E-state index in [-0.39, 0.29) is 11.8 Å². The monoisotopic (exact) mass is 433 g/mol. The van der Waals surface area contributed by atoms with Crippen LogP contribution in [-0.4, -0.2) is 46.5 Å². The molecule has 2 unspecified atom stereocenters. The maximum atomic E-state index is 13.3. The van der Waals surface area contributed by atoms with Crippen molar-refractivity contribution in [3.8, 4) is 0 Å². The highest BCUT2D eigenvalue weighted by Gasteiger charge is 2.35. The lowest BCUT2D eigenvalue weighted by atomic mass is 9.97. The normalized spacial score (nSPS) is 13.7. The largest absolute Gasteiger partial charge is 0.444 e. The summed E-state index contributed by atoms with van der Waals surface area (Å²) in [4.78, 5) is 40.2. The van der Waals surface area contributed by atoms with Crippen LogP contribution in [0.2, 0.25) is 0 Å². The molecule has 0 aromatic heterocycles. The van der Waals surface area contributed by atoms with E-state index in [9.17, 15) is 14.4 Å². The number of alkyl carbamates (subject to hydrolysis) is 1. The van der Waals surface area contributed by atoms with Gasteiger partial charge in [0.25, 0.3) is 0 Å². The number of rotatable bonds is 6. The second-order valence-corrected chi connectivity index (χ2v) is 9.98. The van der Waals surface area contributed by atoms with Gasteiger partial charge >= 0.3 is 6.09 Å². The lowest BCUT2D eigenvalue weighted by molar-refractivity contribution is -0.142. The zero-order valence-electron chi connectivity index (χ0n) is 20.7. The molecule has 0 fully saturated rings. The zero-order chi connectivity index (χ0) is 24.1. The summed E-state index contributed by atoms with van der Waals surface area (Å²) in [5.41, 5.74) is 1.73. The lowest BCUT2D eigenvalue weighted by Crippen LogP contribution is -2.53. The number of carbonyl (C=O) groups excluding carboxylic acids is 3. The zero-order valence-corrected chi connectivity index (χ0v) is 20.7. The first-order valence-electron chi connectivity index (χ1n) is 10.7. The Bertz CT molecular complexity index is 806. The highest BCUT2D eigenvalue weighted by Crippen LogP contribution is 2.25. The minimum absolute atomic E-state index is 0.268. The average molecular weight is 434 g/mol. The minimum atomic E-state index is -0.855. The molecule has 1 rings (SSSR count). The van der Waals surface area contributed by atoms with E-state index in [0.717, 1.165) is 16.7 Å². The Balaban J connectivity index is 3.26. The van der Waals surface area contributed by atoms with Crippen LogP contribution < -0.4 is 10.6 Å². The summed E-state index contributed by atoms with van der Waals surface area (Å²) in [6.07, 6.45) is -0.675. The van der Waals surface area contributed by atoms with E-state index >= 15 is 0 Å². The van der Waals surface area contributed by atoms with Gasteiger partial charge in [0.15, 0.2) is 0 Å². The predicted octanol–water partition coefficient (Wildman–Crippen LogP) is 4.02. The van der Waals surface area contributed by atoms with Gasteiger partial charge in [-0.15, -0.1) is 0 Å². The first-order chi connectivity index (χ1) is 14.1. The Kier molecular flexibility index (Phi) is 8.67. The molecule has 2 N–H and O–H groups in total. The molecule has 0 bridgehead atoms. The first-order valence-corrected chi connectivity index (χ1v) is 10.7. The van der Waals surface area contributed by atoms with Gasteiger partial charge in [-0.05, 0) is 85.9 Å². The van der Waals surface area contributed by atoms with Crippen LogP contribution in [0.15, 0.2) is 18.2 Å². The molecule has 2 atom stereocenters. The minimum Gasteiger partial charge on any atom is -0.444 e. The summed E-state index contributed by atoms with van der Waals surface area (Å²) >= 11 is 0. The van der Waals surface area contributed by atoms with Crippen LogP contribution in [-0.2, 0) is 14.3 Å². The summed E-state index contributed by atoms with van der Waals surface area (Å²) in [5, 5.41) is 5.57. The highest BCUT2D eigenvalue weighted by molar-refractivity contribution is 5.92. The van der Waals surface area contributed by atoms with Gasteiger partial charge in [0.1, 0.15) is 17.7 Å². The number of benzene rings is 1. The molecule has 3 amide bonds. The smallest absolute Gasteiger partial charge is 0.408 e. The summed E-state index contributed by atoms with van der Waals surface area (Å²) in [5.74, 6) is -0.629. The fraction of sp³-hybridized carbons (Fsp3) is 0.625. The maximum Gasteiger partial charge on any atom is 0.408 e. The topological polar surface area (TPSA) is 87.7 Å². The fourth-order valence-electron chi connectivity index (χ4n) is 3.11. The molecule has 0 aliphatic carbocycles. The van der Waals surface area contributed by atoms with Gasteiger partial charge in [0.05, 0.1) is 0 Å². The lowest BCUT2D eigenvalue weighted by Gasteiger charge is -2.34. The molecule has 7 heteroatoms. The Morgan fingerprint density at radius 1 is 1.03 bits per heavy atom. The third kappa shape index (κ3) is 8.23. The number of carbonyl (C=O) groups is 3. The van der Waals surface area contributed by atoms with E-state index in [1.54, 1.807) is 27.7 Å². The van der Waals surface area contributed by atoms with Crippen molar-refractivity contribution in [1.82, 2.24) is 15.5 Å². The van der Waals surface area contributed by atoms with E-state index in [1.807, 2.05) is 59.7 Å². The van der Waals surface area contributed by atoms with Crippen LogP contribution in [0.5, 0.6) is 0 Å². The van der Waals surface area contributed by atoms with Crippen molar-refractivity contribution in [1.29, 1.82) is 0 Å². The number of amides is 3. The molecule has 0 radical (unpaired) electrons. The number of nitrogens with one attached hydrogen (secondary N) is 2. The molecule has 0 saturated heterocycles. The van der Waals surface area contributed by atoms with Crippen molar-refractivity contribution in [2.45, 2.75) is 92.5 Å². The molecule has 7 nitrogen and oxygen atoms in total. The number of hydrogen-bond donors (Lipinski definition) is 2. The van der Waals surface area contributed by atoms with Crippen molar-refractivity contribution in [3.63, 3.8) is 0 Å². The molecule has 0 aliphatic rings. The molecule has 0 saturated carbocycles. The van der Waals surface area contributed by atoms with Gasteiger partial charge in [0, 0.05) is 12.1 Å². The van der Waals surface area contributed by atoms with Crippen LogP contribution in [0.1, 0.15) is 78.1 Å². The van der Waals surface area contributed by atoms with Gasteiger partial charge in [-0.2, -0.15) is 0 Å². The number of ether oxygens (including phenoxy) is 1. The number of aryl methyl sites for hydroxylation is 2. The molecule has 0 aliphatic heterocycles. The van der Waals surface area contributed by atoms with Gasteiger partial charge in [-0.3, -0.25) is 9.59 Å². The summed E-state index contributed by atoms with van der Waals surface area (Å²) < 4.78 is 5.26. The van der Waals surface area contributed by atoms with Crippen molar-refractivity contribution in [3.05, 3.63) is 34.9 Å². The fourth-order valence-corrected chi connectivity index (χ4v) is 3.11. The molecule has 0 spiro atoms. The molecule has 174 valence electrons. The van der Waals surface area contributed by atoms with Crippen LogP contribution in [0.25, 0.3) is 0 Å². The van der Waals surface area contributed by atoms with E-state index in [4.69, 9.17) is 4.74 Å². The number of likely N-dealkylation sites (N-methyl/N-ethyl adjacent to an activating group) is 1.